The first-order valence-corrected chi connectivity index (χ1v) is 9.60. The van der Waals surface area contributed by atoms with Crippen molar-refractivity contribution in [1.82, 2.24) is 15.2 Å². The average Bonchev–Trinajstić information content (AvgIpc) is 2.71. The van der Waals surface area contributed by atoms with Crippen molar-refractivity contribution < 1.29 is 9.59 Å². The fourth-order valence-corrected chi connectivity index (χ4v) is 3.91. The molecule has 1 radical (unpaired) electrons. The van der Waals surface area contributed by atoms with Crippen LogP contribution < -0.4 is 11.1 Å². The average molecular weight is 387 g/mol. The molecule has 0 bridgehead atoms. The maximum Gasteiger partial charge on any atom is 0.324 e. The first-order chi connectivity index (χ1) is 14.0. The third-order valence-electron chi connectivity index (χ3n) is 5.50. The smallest absolute Gasteiger partial charge is 0.324 e. The summed E-state index contributed by atoms with van der Waals surface area (Å²) in [7, 11) is 0. The highest BCUT2D eigenvalue weighted by molar-refractivity contribution is 6.02. The van der Waals surface area contributed by atoms with Crippen LogP contribution in [0.4, 0.5) is 10.6 Å². The zero-order chi connectivity index (χ0) is 20.5. The number of nitrogens with two attached hydrogens (primary N) is 1. The van der Waals surface area contributed by atoms with E-state index in [1.165, 1.54) is 4.90 Å². The Kier molecular flexibility index (Phi) is 4.92. The molecule has 1 saturated heterocycles. The highest BCUT2D eigenvalue weighted by atomic mass is 16.2. The molecule has 2 aromatic carbocycles. The summed E-state index contributed by atoms with van der Waals surface area (Å²) < 4.78 is 0. The molecular formula is C23H23N4O2. The van der Waals surface area contributed by atoms with Crippen LogP contribution in [0.15, 0.2) is 60.8 Å². The van der Waals surface area contributed by atoms with Crippen molar-refractivity contribution in [2.45, 2.75) is 25.4 Å². The van der Waals surface area contributed by atoms with Crippen molar-refractivity contribution in [2.24, 2.45) is 5.92 Å². The number of rotatable bonds is 4. The summed E-state index contributed by atoms with van der Waals surface area (Å²) in [6.07, 6.45) is 2.10. The van der Waals surface area contributed by atoms with E-state index in [9.17, 15) is 9.59 Å². The van der Waals surface area contributed by atoms with E-state index in [-0.39, 0.29) is 17.9 Å². The molecule has 147 valence electrons. The number of aromatic nitrogens is 1. The van der Waals surface area contributed by atoms with Crippen molar-refractivity contribution >= 4 is 28.5 Å². The molecule has 0 saturated carbocycles. The van der Waals surface area contributed by atoms with Crippen molar-refractivity contribution in [3.8, 4) is 0 Å². The Labute approximate surface area is 169 Å². The second kappa shape index (κ2) is 7.54. The highest BCUT2D eigenvalue weighted by Gasteiger charge is 2.48. The van der Waals surface area contributed by atoms with Crippen LogP contribution in [-0.4, -0.2) is 27.9 Å². The van der Waals surface area contributed by atoms with Gasteiger partial charge in [-0.05, 0) is 54.3 Å². The third-order valence-corrected chi connectivity index (χ3v) is 5.50. The quantitative estimate of drug-likeness (QED) is 0.671. The number of fused-ring (bicyclic) bond motifs is 1. The lowest BCUT2D eigenvalue weighted by Crippen LogP contribution is -2.64. The van der Waals surface area contributed by atoms with Crippen LogP contribution in [-0.2, 0) is 11.2 Å². The number of hydrogen-bond acceptors (Lipinski definition) is 4. The molecule has 3 amide bonds. The van der Waals surface area contributed by atoms with Crippen LogP contribution in [0.2, 0.25) is 0 Å². The first kappa shape index (κ1) is 18.9. The van der Waals surface area contributed by atoms with E-state index in [0.29, 0.717) is 12.2 Å². The molecule has 0 aliphatic carbocycles. The van der Waals surface area contributed by atoms with Gasteiger partial charge in [-0.2, -0.15) is 0 Å². The van der Waals surface area contributed by atoms with Crippen molar-refractivity contribution in [2.75, 3.05) is 5.73 Å². The number of β-lactam (4-membered cyclic amide) rings is 1. The molecule has 0 unspecified atom stereocenters. The number of nitrogens with zero attached hydrogens (tertiary/aromatic N) is 2. The van der Waals surface area contributed by atoms with Gasteiger partial charge in [0.25, 0.3) is 0 Å². The molecule has 0 spiro atoms. The van der Waals surface area contributed by atoms with Gasteiger partial charge in [-0.1, -0.05) is 42.5 Å². The van der Waals surface area contributed by atoms with Crippen LogP contribution in [0.3, 0.4) is 0 Å². The summed E-state index contributed by atoms with van der Waals surface area (Å²) in [6.45, 7) is 5.94. The van der Waals surface area contributed by atoms with Gasteiger partial charge in [0.2, 0.25) is 5.91 Å². The van der Waals surface area contributed by atoms with Gasteiger partial charge in [0, 0.05) is 6.20 Å². The summed E-state index contributed by atoms with van der Waals surface area (Å²) in [4.78, 5) is 30.5. The fraction of sp³-hybridized carbons (Fsp3) is 0.217. The van der Waals surface area contributed by atoms with Crippen molar-refractivity contribution in [1.29, 1.82) is 0 Å². The minimum absolute atomic E-state index is 0.219. The number of urea groups is 1. The largest absolute Gasteiger partial charge is 0.384 e. The maximum absolute atomic E-state index is 12.7. The number of nitrogens with one attached hydrogen (secondary N) is 1. The molecular weight excluding hydrogens is 364 g/mol. The zero-order valence-electron chi connectivity index (χ0n) is 16.2. The van der Waals surface area contributed by atoms with Crippen molar-refractivity contribution in [3.05, 3.63) is 78.8 Å². The molecule has 1 fully saturated rings. The van der Waals surface area contributed by atoms with Crippen molar-refractivity contribution in [3.63, 3.8) is 0 Å². The van der Waals surface area contributed by atoms with Gasteiger partial charge in [-0.3, -0.25) is 9.69 Å². The summed E-state index contributed by atoms with van der Waals surface area (Å²) in [5.74, 6) is -0.146. The van der Waals surface area contributed by atoms with E-state index >= 15 is 0 Å². The van der Waals surface area contributed by atoms with Gasteiger partial charge in [0.15, 0.2) is 0 Å². The van der Waals surface area contributed by atoms with E-state index in [1.54, 1.807) is 12.3 Å². The van der Waals surface area contributed by atoms with Gasteiger partial charge in [-0.25, -0.2) is 9.78 Å². The van der Waals surface area contributed by atoms with Crippen LogP contribution in [0, 0.1) is 12.8 Å². The molecule has 3 N–H and O–H groups in total. The molecule has 6 nitrogen and oxygen atoms in total. The number of pyridine rings is 1. The minimum atomic E-state index is -0.420. The lowest BCUT2D eigenvalue weighted by molar-refractivity contribution is -0.147. The Hall–Kier alpha value is -3.41. The molecule has 1 aliphatic rings. The van der Waals surface area contributed by atoms with Gasteiger partial charge < -0.3 is 11.1 Å². The standard InChI is InChI=1S/C23H23N4O2/c1-14(18-9-5-7-17-6-3-4-8-19(17)18)26-23(29)27-15(2)20(22(27)28)12-16-10-11-25-21(24)13-16/h3-11,13-15,20H,2,12H2,1H3,(H2,24,25)(H,26,29)/t14-,15+,20-/m1/s1. The molecule has 6 heteroatoms. The molecule has 1 aromatic heterocycles. The second-order valence-corrected chi connectivity index (χ2v) is 7.41. The Morgan fingerprint density at radius 2 is 2.00 bits per heavy atom. The van der Waals surface area contributed by atoms with E-state index in [0.717, 1.165) is 21.9 Å². The number of amides is 3. The van der Waals surface area contributed by atoms with Crippen LogP contribution in [0.5, 0.6) is 0 Å². The number of nitrogen functional groups attached to an aromatic ring is 1. The molecule has 3 atom stereocenters. The summed E-state index contributed by atoms with van der Waals surface area (Å²) in [5.41, 5.74) is 7.62. The zero-order valence-corrected chi connectivity index (χ0v) is 16.2. The lowest BCUT2D eigenvalue weighted by Gasteiger charge is -2.44. The topological polar surface area (TPSA) is 88.3 Å². The summed E-state index contributed by atoms with van der Waals surface area (Å²) in [5, 5.41) is 5.13. The second-order valence-electron chi connectivity index (χ2n) is 7.41. The molecule has 3 aromatic rings. The summed E-state index contributed by atoms with van der Waals surface area (Å²) in [6, 6.07) is 16.5. The SMILES string of the molecule is [CH2][C@H]1[C@@H](Cc2ccnc(N)c2)C(=O)N1C(=O)N[C@H](C)c1cccc2ccccc12. The fourth-order valence-electron chi connectivity index (χ4n) is 3.91. The Bertz CT molecular complexity index is 1080. The molecule has 4 rings (SSSR count). The monoisotopic (exact) mass is 387 g/mol. The Morgan fingerprint density at radius 3 is 2.76 bits per heavy atom. The van der Waals surface area contributed by atoms with Gasteiger partial charge in [0.1, 0.15) is 5.82 Å². The minimum Gasteiger partial charge on any atom is -0.384 e. The van der Waals surface area contributed by atoms with E-state index < -0.39 is 12.1 Å². The third kappa shape index (κ3) is 3.53. The van der Waals surface area contributed by atoms with Gasteiger partial charge in [-0.15, -0.1) is 0 Å². The predicted molar refractivity (Wildman–Crippen MR) is 113 cm³/mol. The predicted octanol–water partition coefficient (Wildman–Crippen LogP) is 3.49. The number of likely N-dealkylation sites (tertiary alicyclic amines) is 1. The van der Waals surface area contributed by atoms with Gasteiger partial charge >= 0.3 is 6.03 Å². The number of carbonyl (C=O) groups excluding carboxylic acids is 2. The number of anilines is 1. The normalized spacial score (nSPS) is 19.7. The number of imide groups is 1. The van der Waals surface area contributed by atoms with E-state index in [4.69, 9.17) is 5.73 Å². The number of hydrogen-bond donors (Lipinski definition) is 2. The lowest BCUT2D eigenvalue weighted by atomic mass is 9.84. The van der Waals surface area contributed by atoms with Crippen LogP contribution >= 0.6 is 0 Å². The Balaban J connectivity index is 1.44. The molecule has 1 aliphatic heterocycles. The molecule has 29 heavy (non-hydrogen) atoms. The van der Waals surface area contributed by atoms with Gasteiger partial charge in [0.05, 0.1) is 18.0 Å². The maximum atomic E-state index is 12.7. The first-order valence-electron chi connectivity index (χ1n) is 9.60. The summed E-state index contributed by atoms with van der Waals surface area (Å²) >= 11 is 0. The Morgan fingerprint density at radius 1 is 1.24 bits per heavy atom. The number of carbonyl (C=O) groups is 2. The highest BCUT2D eigenvalue weighted by Crippen LogP contribution is 2.31. The number of benzene rings is 2. The van der Waals surface area contributed by atoms with Crippen LogP contribution in [0.25, 0.3) is 10.8 Å². The van der Waals surface area contributed by atoms with E-state index in [1.807, 2.05) is 55.5 Å². The molecule has 2 heterocycles. The van der Waals surface area contributed by atoms with Crippen LogP contribution in [0.1, 0.15) is 24.1 Å². The van der Waals surface area contributed by atoms with E-state index in [2.05, 4.69) is 17.2 Å².